The minimum absolute atomic E-state index is 0.220. The molecule has 0 fully saturated rings. The van der Waals surface area contributed by atoms with Gasteiger partial charge in [0.05, 0.1) is 5.69 Å². The van der Waals surface area contributed by atoms with Gasteiger partial charge in [-0.1, -0.05) is 12.1 Å². The molecule has 0 spiro atoms. The predicted molar refractivity (Wildman–Crippen MR) is 88.2 cm³/mol. The van der Waals surface area contributed by atoms with E-state index in [0.717, 1.165) is 17.0 Å². The Hall–Kier alpha value is -2.60. The van der Waals surface area contributed by atoms with Crippen LogP contribution in [0.5, 0.6) is 0 Å². The van der Waals surface area contributed by atoms with Crippen LogP contribution in [0.2, 0.25) is 0 Å². The Bertz CT molecular complexity index is 830. The normalized spacial score (nSPS) is 10.5. The number of rotatable bonds is 4. The van der Waals surface area contributed by atoms with Gasteiger partial charge in [-0.15, -0.1) is 11.3 Å². The van der Waals surface area contributed by atoms with Gasteiger partial charge in [0.25, 0.3) is 5.91 Å². The van der Waals surface area contributed by atoms with Gasteiger partial charge in [0.1, 0.15) is 5.82 Å². The molecule has 0 saturated carbocycles. The van der Waals surface area contributed by atoms with Gasteiger partial charge in [-0.2, -0.15) is 0 Å². The second-order valence-electron chi connectivity index (χ2n) is 5.09. The summed E-state index contributed by atoms with van der Waals surface area (Å²) >= 11 is 1.39. The van der Waals surface area contributed by atoms with E-state index in [0.29, 0.717) is 17.1 Å². The van der Waals surface area contributed by atoms with Crippen molar-refractivity contribution in [1.82, 2.24) is 9.97 Å². The smallest absolute Gasteiger partial charge is 0.257 e. The summed E-state index contributed by atoms with van der Waals surface area (Å²) in [4.78, 5) is 20.7. The fraction of sp³-hybridized carbons (Fsp3) is 0.118. The van der Waals surface area contributed by atoms with Crippen molar-refractivity contribution in [3.63, 3.8) is 0 Å². The van der Waals surface area contributed by atoms with Crippen LogP contribution >= 0.6 is 11.3 Å². The molecule has 2 aromatic heterocycles. The van der Waals surface area contributed by atoms with E-state index in [1.807, 2.05) is 12.3 Å². The average Bonchev–Trinajstić information content (AvgIpc) is 2.95. The van der Waals surface area contributed by atoms with E-state index in [-0.39, 0.29) is 11.7 Å². The lowest BCUT2D eigenvalue weighted by molar-refractivity contribution is 0.102. The molecule has 0 radical (unpaired) electrons. The summed E-state index contributed by atoms with van der Waals surface area (Å²) < 4.78 is 12.9. The van der Waals surface area contributed by atoms with Crippen molar-refractivity contribution in [3.8, 4) is 0 Å². The number of carbonyl (C=O) groups excluding carboxylic acids is 1. The third-order valence-corrected chi connectivity index (χ3v) is 4.09. The first-order valence-corrected chi connectivity index (χ1v) is 7.91. The minimum atomic E-state index is -0.270. The first-order chi connectivity index (χ1) is 11.1. The number of nitrogens with one attached hydrogen (secondary N) is 1. The Morgan fingerprint density at radius 3 is 2.74 bits per heavy atom. The largest absolute Gasteiger partial charge is 0.298 e. The van der Waals surface area contributed by atoms with Crippen LogP contribution in [-0.4, -0.2) is 15.9 Å². The summed E-state index contributed by atoms with van der Waals surface area (Å²) in [6.45, 7) is 1.87. The highest BCUT2D eigenvalue weighted by Crippen LogP contribution is 2.16. The molecule has 0 aliphatic rings. The van der Waals surface area contributed by atoms with Gasteiger partial charge in [0.2, 0.25) is 0 Å². The Morgan fingerprint density at radius 2 is 2.04 bits per heavy atom. The van der Waals surface area contributed by atoms with Crippen molar-refractivity contribution in [2.24, 2.45) is 0 Å². The number of amides is 1. The molecular weight excluding hydrogens is 313 g/mol. The van der Waals surface area contributed by atoms with Gasteiger partial charge < -0.3 is 0 Å². The number of hydrogen-bond acceptors (Lipinski definition) is 4. The lowest BCUT2D eigenvalue weighted by atomic mass is 10.1. The van der Waals surface area contributed by atoms with E-state index >= 15 is 0 Å². The fourth-order valence-corrected chi connectivity index (χ4v) is 2.79. The molecule has 0 atom stereocenters. The summed E-state index contributed by atoms with van der Waals surface area (Å²) in [5, 5.41) is 5.22. The maximum Gasteiger partial charge on any atom is 0.257 e. The number of halogens is 1. The molecule has 116 valence electrons. The third kappa shape index (κ3) is 3.98. The fourth-order valence-electron chi connectivity index (χ4n) is 2.11. The highest BCUT2D eigenvalue weighted by molar-refractivity contribution is 7.13. The summed E-state index contributed by atoms with van der Waals surface area (Å²) in [6, 6.07) is 9.64. The van der Waals surface area contributed by atoms with Gasteiger partial charge in [-0.25, -0.2) is 9.37 Å². The highest BCUT2D eigenvalue weighted by atomic mass is 32.1. The molecule has 3 aromatic rings. The van der Waals surface area contributed by atoms with E-state index in [2.05, 4.69) is 15.3 Å². The van der Waals surface area contributed by atoms with Crippen LogP contribution in [0, 0.1) is 12.7 Å². The first-order valence-electron chi connectivity index (χ1n) is 7.03. The van der Waals surface area contributed by atoms with Gasteiger partial charge in [0, 0.05) is 29.3 Å². The second kappa shape index (κ2) is 6.66. The zero-order valence-electron chi connectivity index (χ0n) is 12.4. The molecule has 0 saturated heterocycles. The number of pyridine rings is 1. The molecule has 4 nitrogen and oxygen atoms in total. The molecule has 23 heavy (non-hydrogen) atoms. The zero-order chi connectivity index (χ0) is 16.2. The van der Waals surface area contributed by atoms with Crippen LogP contribution in [0.1, 0.15) is 27.3 Å². The lowest BCUT2D eigenvalue weighted by Gasteiger charge is -2.05. The predicted octanol–water partition coefficient (Wildman–Crippen LogP) is 3.83. The van der Waals surface area contributed by atoms with Crippen molar-refractivity contribution in [2.75, 3.05) is 5.32 Å². The van der Waals surface area contributed by atoms with Gasteiger partial charge in [-0.3, -0.25) is 15.1 Å². The zero-order valence-corrected chi connectivity index (χ0v) is 13.2. The van der Waals surface area contributed by atoms with Crippen LogP contribution in [0.15, 0.2) is 48.0 Å². The molecular formula is C17H14FN3OS. The quantitative estimate of drug-likeness (QED) is 0.792. The maximum absolute atomic E-state index is 12.9. The number of anilines is 1. The molecule has 1 amide bonds. The first kappa shape index (κ1) is 15.3. The topological polar surface area (TPSA) is 54.9 Å². The molecule has 6 heteroatoms. The maximum atomic E-state index is 12.9. The van der Waals surface area contributed by atoms with Crippen molar-refractivity contribution in [3.05, 3.63) is 76.3 Å². The van der Waals surface area contributed by atoms with Gasteiger partial charge in [-0.05, 0) is 36.8 Å². The number of aryl methyl sites for hydroxylation is 1. The van der Waals surface area contributed by atoms with Gasteiger partial charge >= 0.3 is 0 Å². The number of thiazole rings is 1. The number of hydrogen-bond donors (Lipinski definition) is 1. The molecule has 3 rings (SSSR count). The Balaban J connectivity index is 1.73. The van der Waals surface area contributed by atoms with E-state index in [1.54, 1.807) is 30.5 Å². The van der Waals surface area contributed by atoms with E-state index < -0.39 is 0 Å². The van der Waals surface area contributed by atoms with Crippen LogP contribution < -0.4 is 5.32 Å². The van der Waals surface area contributed by atoms with Crippen molar-refractivity contribution in [1.29, 1.82) is 0 Å². The molecule has 0 unspecified atom stereocenters. The number of carbonyl (C=O) groups is 1. The van der Waals surface area contributed by atoms with E-state index in [1.165, 1.54) is 23.5 Å². The van der Waals surface area contributed by atoms with E-state index in [9.17, 15) is 9.18 Å². The molecule has 0 aliphatic heterocycles. The number of nitrogens with zero attached hydrogens (tertiary/aromatic N) is 2. The molecule has 2 heterocycles. The van der Waals surface area contributed by atoms with Crippen molar-refractivity contribution < 1.29 is 9.18 Å². The Morgan fingerprint density at radius 1 is 1.26 bits per heavy atom. The highest BCUT2D eigenvalue weighted by Gasteiger charge is 2.10. The summed E-state index contributed by atoms with van der Waals surface area (Å²) in [5.41, 5.74) is 3.08. The standard InChI is InChI=1S/C17H14FN3OS/c1-11-10-23-17(20-11)21-16(22)13-6-7-19-15(9-13)8-12-2-4-14(18)5-3-12/h2-7,9-10H,8H2,1H3,(H,20,21,22). The summed E-state index contributed by atoms with van der Waals surface area (Å²) in [7, 11) is 0. The van der Waals surface area contributed by atoms with Crippen molar-refractivity contribution in [2.45, 2.75) is 13.3 Å². The summed E-state index contributed by atoms with van der Waals surface area (Å²) in [5.74, 6) is -0.490. The second-order valence-corrected chi connectivity index (χ2v) is 5.95. The Kier molecular flexibility index (Phi) is 4.43. The van der Waals surface area contributed by atoms with Crippen LogP contribution in [0.25, 0.3) is 0 Å². The van der Waals surface area contributed by atoms with Crippen molar-refractivity contribution >= 4 is 22.4 Å². The molecule has 0 aliphatic carbocycles. The van der Waals surface area contributed by atoms with E-state index in [4.69, 9.17) is 0 Å². The molecule has 1 aromatic carbocycles. The van der Waals surface area contributed by atoms with Gasteiger partial charge in [0.15, 0.2) is 5.13 Å². The molecule has 0 bridgehead atoms. The number of aromatic nitrogens is 2. The third-order valence-electron chi connectivity index (χ3n) is 3.22. The monoisotopic (exact) mass is 327 g/mol. The van der Waals surface area contributed by atoms with Crippen LogP contribution in [0.4, 0.5) is 9.52 Å². The minimum Gasteiger partial charge on any atom is -0.298 e. The summed E-state index contributed by atoms with van der Waals surface area (Å²) in [6.07, 6.45) is 2.14. The van der Waals surface area contributed by atoms with Crippen LogP contribution in [-0.2, 0) is 6.42 Å². The lowest BCUT2D eigenvalue weighted by Crippen LogP contribution is -2.12. The molecule has 1 N–H and O–H groups in total. The average molecular weight is 327 g/mol. The van der Waals surface area contributed by atoms with Crippen LogP contribution in [0.3, 0.4) is 0 Å². The Labute approximate surface area is 137 Å². The number of benzene rings is 1. The SMILES string of the molecule is Cc1csc(NC(=O)c2ccnc(Cc3ccc(F)cc3)c2)n1.